The van der Waals surface area contributed by atoms with Crippen LogP contribution in [-0.2, 0) is 4.74 Å². The van der Waals surface area contributed by atoms with Crippen LogP contribution in [0, 0.1) is 5.41 Å². The number of hydrogen-bond acceptors (Lipinski definition) is 1. The van der Waals surface area contributed by atoms with Gasteiger partial charge in [0, 0.05) is 12.5 Å². The van der Waals surface area contributed by atoms with Crippen molar-refractivity contribution in [2.24, 2.45) is 5.41 Å². The van der Waals surface area contributed by atoms with Crippen LogP contribution in [0.3, 0.4) is 0 Å². The van der Waals surface area contributed by atoms with E-state index < -0.39 is 6.23 Å². The fraction of sp³-hybridized carbons (Fsp3) is 1.00. The molecule has 0 aliphatic rings. The number of nitrogens with one attached hydrogen (secondary N) is 1. The number of rotatable bonds is 1. The molecular weight excluding hydrogens is 102 g/mol. The van der Waals surface area contributed by atoms with Crippen molar-refractivity contribution >= 4 is 0 Å². The summed E-state index contributed by atoms with van der Waals surface area (Å²) in [5.74, 6) is 0. The number of hydrogen-bond donors (Lipinski definition) is 0. The van der Waals surface area contributed by atoms with Crippen molar-refractivity contribution in [3.05, 3.63) is 0 Å². The summed E-state index contributed by atoms with van der Waals surface area (Å²) in [5.41, 5.74) is 7.20. The quantitative estimate of drug-likeness (QED) is 0.508. The van der Waals surface area contributed by atoms with Gasteiger partial charge in [-0.15, -0.1) is 0 Å². The first kappa shape index (κ1) is 7.92. The van der Waals surface area contributed by atoms with Gasteiger partial charge >= 0.3 is 0 Å². The molecule has 1 unspecified atom stereocenters. The van der Waals surface area contributed by atoms with E-state index in [1.54, 1.807) is 7.11 Å². The van der Waals surface area contributed by atoms with Gasteiger partial charge in [0.05, 0.1) is 0 Å². The topological polar surface area (TPSA) is 33.0 Å². The predicted octanol–water partition coefficient (Wildman–Crippen LogP) is 1.29. The summed E-state index contributed by atoms with van der Waals surface area (Å²) in [6.45, 7) is 5.94. The van der Waals surface area contributed by atoms with E-state index in [-0.39, 0.29) is 5.41 Å². The molecule has 1 atom stereocenters. The summed E-state index contributed by atoms with van der Waals surface area (Å²) in [6, 6.07) is 0. The van der Waals surface area contributed by atoms with Crippen LogP contribution in [0.15, 0.2) is 0 Å². The lowest BCUT2D eigenvalue weighted by Crippen LogP contribution is -2.28. The molecule has 2 heteroatoms. The van der Waals surface area contributed by atoms with Crippen LogP contribution in [0.25, 0.3) is 0 Å². The second-order valence-corrected chi connectivity index (χ2v) is 2.98. The maximum atomic E-state index is 7.25. The van der Waals surface area contributed by atoms with Gasteiger partial charge in [0.25, 0.3) is 0 Å². The van der Waals surface area contributed by atoms with Crippen LogP contribution in [0.4, 0.5) is 0 Å². The molecule has 0 aromatic carbocycles. The third kappa shape index (κ3) is 2.28. The standard InChI is InChI=1S/C6H14NO/c1-6(2,3)5(7)8-4/h5,7H,1-4H3. The van der Waals surface area contributed by atoms with Crippen LogP contribution in [0.2, 0.25) is 0 Å². The van der Waals surface area contributed by atoms with Gasteiger partial charge in [0.15, 0.2) is 0 Å². The SMILES string of the molecule is COC([NH])C(C)(C)C. The van der Waals surface area contributed by atoms with Crippen molar-refractivity contribution in [3.8, 4) is 0 Å². The molecule has 0 aliphatic carbocycles. The minimum atomic E-state index is -0.400. The van der Waals surface area contributed by atoms with Gasteiger partial charge in [-0.3, -0.25) is 0 Å². The van der Waals surface area contributed by atoms with Gasteiger partial charge < -0.3 is 4.74 Å². The molecule has 1 radical (unpaired) electrons. The van der Waals surface area contributed by atoms with E-state index in [2.05, 4.69) is 0 Å². The van der Waals surface area contributed by atoms with Gasteiger partial charge in [-0.1, -0.05) is 20.8 Å². The lowest BCUT2D eigenvalue weighted by atomic mass is 9.95. The molecule has 0 aliphatic heterocycles. The molecule has 2 nitrogen and oxygen atoms in total. The van der Waals surface area contributed by atoms with E-state index >= 15 is 0 Å². The molecule has 0 spiro atoms. The van der Waals surface area contributed by atoms with Crippen molar-refractivity contribution in [3.63, 3.8) is 0 Å². The average molecular weight is 116 g/mol. The van der Waals surface area contributed by atoms with Crippen molar-refractivity contribution in [2.45, 2.75) is 27.0 Å². The summed E-state index contributed by atoms with van der Waals surface area (Å²) in [6.07, 6.45) is -0.400. The largest absolute Gasteiger partial charge is 0.365 e. The molecule has 0 saturated heterocycles. The third-order valence-corrected chi connectivity index (χ3v) is 1.02. The molecule has 0 bridgehead atoms. The van der Waals surface area contributed by atoms with Crippen molar-refractivity contribution in [1.29, 1.82) is 0 Å². The van der Waals surface area contributed by atoms with E-state index in [0.29, 0.717) is 0 Å². The Labute approximate surface area is 51.0 Å². The molecule has 49 valence electrons. The van der Waals surface area contributed by atoms with Crippen molar-refractivity contribution in [2.75, 3.05) is 7.11 Å². The third-order valence-electron chi connectivity index (χ3n) is 1.02. The zero-order chi connectivity index (χ0) is 6.78. The zero-order valence-corrected chi connectivity index (χ0v) is 5.99. The van der Waals surface area contributed by atoms with Gasteiger partial charge in [-0.05, 0) is 0 Å². The minimum absolute atomic E-state index is 0.0469. The van der Waals surface area contributed by atoms with Crippen LogP contribution in [0.1, 0.15) is 20.8 Å². The van der Waals surface area contributed by atoms with Gasteiger partial charge in [-0.2, -0.15) is 0 Å². The summed E-state index contributed by atoms with van der Waals surface area (Å²) in [4.78, 5) is 0. The van der Waals surface area contributed by atoms with Crippen molar-refractivity contribution < 1.29 is 4.74 Å². The molecule has 0 aromatic heterocycles. The Morgan fingerprint density at radius 2 is 1.75 bits per heavy atom. The summed E-state index contributed by atoms with van der Waals surface area (Å²) in [5, 5.41) is 0. The average Bonchev–Trinajstić information content (AvgIpc) is 1.62. The normalized spacial score (nSPS) is 16.1. The second-order valence-electron chi connectivity index (χ2n) is 2.98. The first-order valence-electron chi connectivity index (χ1n) is 2.72. The molecule has 1 N–H and O–H groups in total. The lowest BCUT2D eigenvalue weighted by Gasteiger charge is -2.23. The number of methoxy groups -OCH3 is 1. The molecule has 0 rings (SSSR count). The van der Waals surface area contributed by atoms with Gasteiger partial charge in [0.1, 0.15) is 6.23 Å². The molecule has 0 saturated carbocycles. The molecule has 0 fully saturated rings. The van der Waals surface area contributed by atoms with E-state index in [4.69, 9.17) is 10.5 Å². The fourth-order valence-corrected chi connectivity index (χ4v) is 0.354. The summed E-state index contributed by atoms with van der Waals surface area (Å²) < 4.78 is 4.78. The molecule has 0 aromatic rings. The van der Waals surface area contributed by atoms with E-state index in [9.17, 15) is 0 Å². The highest BCUT2D eigenvalue weighted by Gasteiger charge is 2.19. The van der Waals surface area contributed by atoms with Crippen LogP contribution in [-0.4, -0.2) is 13.3 Å². The molecular formula is C6H14NO. The highest BCUT2D eigenvalue weighted by Crippen LogP contribution is 2.17. The fourth-order valence-electron chi connectivity index (χ4n) is 0.354. The summed E-state index contributed by atoms with van der Waals surface area (Å²) in [7, 11) is 1.56. The van der Waals surface area contributed by atoms with Crippen molar-refractivity contribution in [1.82, 2.24) is 5.73 Å². The summed E-state index contributed by atoms with van der Waals surface area (Å²) >= 11 is 0. The number of ether oxygens (including phenoxy) is 1. The maximum absolute atomic E-state index is 7.25. The first-order chi connectivity index (χ1) is 3.48. The molecule has 8 heavy (non-hydrogen) atoms. The Bertz CT molecular complexity index is 65.4. The molecule has 0 heterocycles. The smallest absolute Gasteiger partial charge is 0.124 e. The van der Waals surface area contributed by atoms with E-state index in [1.807, 2.05) is 20.8 Å². The first-order valence-corrected chi connectivity index (χ1v) is 2.72. The van der Waals surface area contributed by atoms with Gasteiger partial charge in [0.2, 0.25) is 0 Å². The van der Waals surface area contributed by atoms with E-state index in [1.165, 1.54) is 0 Å². The van der Waals surface area contributed by atoms with Gasteiger partial charge in [-0.25, -0.2) is 5.73 Å². The molecule has 0 amide bonds. The van der Waals surface area contributed by atoms with E-state index in [0.717, 1.165) is 0 Å². The Hall–Kier alpha value is -0.0800. The Morgan fingerprint density at radius 1 is 1.38 bits per heavy atom. The highest BCUT2D eigenvalue weighted by atomic mass is 16.5. The monoisotopic (exact) mass is 116 g/mol. The van der Waals surface area contributed by atoms with Crippen LogP contribution < -0.4 is 5.73 Å². The van der Waals surface area contributed by atoms with Crippen LogP contribution >= 0.6 is 0 Å². The minimum Gasteiger partial charge on any atom is -0.365 e. The zero-order valence-electron chi connectivity index (χ0n) is 5.99. The second kappa shape index (κ2) is 2.46. The van der Waals surface area contributed by atoms with Crippen LogP contribution in [0.5, 0.6) is 0 Å². The Balaban J connectivity index is 3.62. The predicted molar refractivity (Wildman–Crippen MR) is 33.3 cm³/mol. The lowest BCUT2D eigenvalue weighted by molar-refractivity contribution is 0.0160. The Kier molecular flexibility index (Phi) is 2.44. The maximum Gasteiger partial charge on any atom is 0.124 e. The Morgan fingerprint density at radius 3 is 1.75 bits per heavy atom. The highest BCUT2D eigenvalue weighted by molar-refractivity contribution is 4.66.